The summed E-state index contributed by atoms with van der Waals surface area (Å²) < 4.78 is 10.5. The largest absolute Gasteiger partial charge is 0.497 e. The van der Waals surface area contributed by atoms with Gasteiger partial charge in [0, 0.05) is 28.1 Å². The summed E-state index contributed by atoms with van der Waals surface area (Å²) >= 11 is 1.49. The average Bonchev–Trinajstić information content (AvgIpc) is 3.03. The lowest BCUT2D eigenvalue weighted by molar-refractivity contribution is -0.113. The third kappa shape index (κ3) is 3.49. The Morgan fingerprint density at radius 2 is 2.00 bits per heavy atom. The number of methoxy groups -OCH3 is 2. The molecule has 0 radical (unpaired) electrons. The molecule has 1 aromatic heterocycles. The minimum Gasteiger partial charge on any atom is -0.497 e. The van der Waals surface area contributed by atoms with Gasteiger partial charge in [-0.25, -0.2) is 0 Å². The van der Waals surface area contributed by atoms with Crippen molar-refractivity contribution in [2.75, 3.05) is 25.3 Å². The van der Waals surface area contributed by atoms with Gasteiger partial charge in [-0.05, 0) is 18.2 Å². The molecule has 0 saturated carbocycles. The lowest BCUT2D eigenvalue weighted by Crippen LogP contribution is -2.14. The molecular weight excluding hydrogens is 324 g/mol. The molecule has 0 bridgehead atoms. The van der Waals surface area contributed by atoms with Crippen LogP contribution in [0.25, 0.3) is 10.9 Å². The van der Waals surface area contributed by atoms with Gasteiger partial charge >= 0.3 is 0 Å². The van der Waals surface area contributed by atoms with E-state index in [9.17, 15) is 4.79 Å². The summed E-state index contributed by atoms with van der Waals surface area (Å²) in [6.07, 6.45) is 1.93. The fourth-order valence-corrected chi connectivity index (χ4v) is 3.24. The molecule has 0 aliphatic carbocycles. The molecule has 6 heteroatoms. The standard InChI is InChI=1S/C18H18N2O3S/c1-22-12-7-8-16(23-2)15(9-12)20-18(21)11-24-17-10-19-14-6-4-3-5-13(14)17/h3-10,19H,11H2,1-2H3,(H,20,21). The number of benzene rings is 2. The Kier molecular flexibility index (Phi) is 4.96. The van der Waals surface area contributed by atoms with Crippen LogP contribution in [0.2, 0.25) is 0 Å². The molecule has 5 nitrogen and oxygen atoms in total. The molecule has 3 aromatic rings. The zero-order chi connectivity index (χ0) is 16.9. The van der Waals surface area contributed by atoms with Crippen LogP contribution in [0.5, 0.6) is 11.5 Å². The van der Waals surface area contributed by atoms with E-state index in [2.05, 4.69) is 10.3 Å². The highest BCUT2D eigenvalue weighted by Gasteiger charge is 2.11. The van der Waals surface area contributed by atoms with Gasteiger partial charge in [0.25, 0.3) is 0 Å². The molecule has 124 valence electrons. The fourth-order valence-electron chi connectivity index (χ4n) is 2.41. The topological polar surface area (TPSA) is 63.4 Å². The Morgan fingerprint density at radius 3 is 2.79 bits per heavy atom. The van der Waals surface area contributed by atoms with Gasteiger partial charge in [0.05, 0.1) is 25.7 Å². The van der Waals surface area contributed by atoms with Gasteiger partial charge in [0.15, 0.2) is 0 Å². The summed E-state index contributed by atoms with van der Waals surface area (Å²) in [5.74, 6) is 1.47. The Hall–Kier alpha value is -2.60. The summed E-state index contributed by atoms with van der Waals surface area (Å²) in [7, 11) is 3.15. The predicted molar refractivity (Wildman–Crippen MR) is 97.2 cm³/mol. The highest BCUT2D eigenvalue weighted by atomic mass is 32.2. The van der Waals surface area contributed by atoms with Crippen LogP contribution < -0.4 is 14.8 Å². The quantitative estimate of drug-likeness (QED) is 0.667. The molecule has 0 aliphatic rings. The number of para-hydroxylation sites is 1. The summed E-state index contributed by atoms with van der Waals surface area (Å²) in [6.45, 7) is 0. The fraction of sp³-hybridized carbons (Fsp3) is 0.167. The van der Waals surface area contributed by atoms with Crippen molar-refractivity contribution < 1.29 is 14.3 Å². The highest BCUT2D eigenvalue weighted by molar-refractivity contribution is 8.00. The number of amides is 1. The van der Waals surface area contributed by atoms with Crippen LogP contribution in [0, 0.1) is 0 Å². The number of aromatic amines is 1. The van der Waals surface area contributed by atoms with E-state index in [4.69, 9.17) is 9.47 Å². The van der Waals surface area contributed by atoms with E-state index in [0.29, 0.717) is 22.9 Å². The Balaban J connectivity index is 1.68. The summed E-state index contributed by atoms with van der Waals surface area (Å²) in [5, 5.41) is 3.99. The number of hydrogen-bond donors (Lipinski definition) is 2. The SMILES string of the molecule is COc1ccc(OC)c(NC(=O)CSc2c[nH]c3ccccc23)c1. The summed E-state index contributed by atoms with van der Waals surface area (Å²) in [5.41, 5.74) is 1.66. The van der Waals surface area contributed by atoms with Crippen LogP contribution in [-0.2, 0) is 4.79 Å². The van der Waals surface area contributed by atoms with Crippen LogP contribution in [0.15, 0.2) is 53.6 Å². The monoisotopic (exact) mass is 342 g/mol. The van der Waals surface area contributed by atoms with Crippen LogP contribution >= 0.6 is 11.8 Å². The van der Waals surface area contributed by atoms with E-state index in [-0.39, 0.29) is 5.91 Å². The van der Waals surface area contributed by atoms with Crippen molar-refractivity contribution >= 4 is 34.3 Å². The number of H-pyrrole nitrogens is 1. The van der Waals surface area contributed by atoms with E-state index in [0.717, 1.165) is 15.8 Å². The number of rotatable bonds is 6. The van der Waals surface area contributed by atoms with Crippen LogP contribution in [0.1, 0.15) is 0 Å². The number of anilines is 1. The summed E-state index contributed by atoms with van der Waals surface area (Å²) in [4.78, 5) is 16.5. The third-order valence-electron chi connectivity index (χ3n) is 3.59. The highest BCUT2D eigenvalue weighted by Crippen LogP contribution is 2.30. The number of carbonyl (C=O) groups excluding carboxylic acids is 1. The van der Waals surface area contributed by atoms with Crippen molar-refractivity contribution in [2.45, 2.75) is 4.90 Å². The van der Waals surface area contributed by atoms with E-state index in [1.165, 1.54) is 11.8 Å². The molecule has 0 spiro atoms. The normalized spacial score (nSPS) is 10.6. The smallest absolute Gasteiger partial charge is 0.234 e. The van der Waals surface area contributed by atoms with Crippen molar-refractivity contribution in [3.05, 3.63) is 48.7 Å². The molecule has 0 aliphatic heterocycles. The number of nitrogens with one attached hydrogen (secondary N) is 2. The number of hydrogen-bond acceptors (Lipinski definition) is 4. The maximum Gasteiger partial charge on any atom is 0.234 e. The zero-order valence-electron chi connectivity index (χ0n) is 13.5. The maximum atomic E-state index is 12.3. The first kappa shape index (κ1) is 16.3. The van der Waals surface area contributed by atoms with E-state index in [1.54, 1.807) is 32.4 Å². The molecule has 0 unspecified atom stereocenters. The van der Waals surface area contributed by atoms with E-state index < -0.39 is 0 Å². The first-order valence-electron chi connectivity index (χ1n) is 7.42. The number of carbonyl (C=O) groups is 1. The van der Waals surface area contributed by atoms with Crippen molar-refractivity contribution in [1.82, 2.24) is 4.98 Å². The Labute approximate surface area is 144 Å². The summed E-state index contributed by atoms with van der Waals surface area (Å²) in [6, 6.07) is 13.3. The first-order chi connectivity index (χ1) is 11.7. The van der Waals surface area contributed by atoms with Gasteiger partial charge < -0.3 is 19.8 Å². The second kappa shape index (κ2) is 7.31. The molecule has 0 fully saturated rings. The molecule has 1 amide bonds. The molecule has 2 N–H and O–H groups in total. The molecule has 1 heterocycles. The number of ether oxygens (including phenoxy) is 2. The van der Waals surface area contributed by atoms with Gasteiger partial charge in [-0.2, -0.15) is 0 Å². The first-order valence-corrected chi connectivity index (χ1v) is 8.40. The van der Waals surface area contributed by atoms with Crippen LogP contribution in [0.4, 0.5) is 5.69 Å². The van der Waals surface area contributed by atoms with Crippen molar-refractivity contribution in [3.63, 3.8) is 0 Å². The van der Waals surface area contributed by atoms with Crippen molar-refractivity contribution in [3.8, 4) is 11.5 Å². The van der Waals surface area contributed by atoms with Crippen LogP contribution in [-0.4, -0.2) is 30.9 Å². The minimum atomic E-state index is -0.100. The minimum absolute atomic E-state index is 0.100. The average molecular weight is 342 g/mol. The lowest BCUT2D eigenvalue weighted by Gasteiger charge is -2.11. The van der Waals surface area contributed by atoms with Crippen LogP contribution in [0.3, 0.4) is 0 Å². The van der Waals surface area contributed by atoms with Crippen molar-refractivity contribution in [2.24, 2.45) is 0 Å². The molecule has 3 rings (SSSR count). The van der Waals surface area contributed by atoms with Gasteiger partial charge in [0.2, 0.25) is 5.91 Å². The van der Waals surface area contributed by atoms with E-state index in [1.807, 2.05) is 30.5 Å². The van der Waals surface area contributed by atoms with Gasteiger partial charge in [-0.1, -0.05) is 18.2 Å². The predicted octanol–water partition coefficient (Wildman–Crippen LogP) is 3.92. The molecule has 0 atom stereocenters. The molecule has 24 heavy (non-hydrogen) atoms. The van der Waals surface area contributed by atoms with E-state index >= 15 is 0 Å². The second-order valence-corrected chi connectivity index (χ2v) is 6.12. The number of fused-ring (bicyclic) bond motifs is 1. The molecule has 0 saturated heterocycles. The number of thioether (sulfide) groups is 1. The third-order valence-corrected chi connectivity index (χ3v) is 4.65. The van der Waals surface area contributed by atoms with Gasteiger partial charge in [0.1, 0.15) is 11.5 Å². The lowest BCUT2D eigenvalue weighted by atomic mass is 10.2. The second-order valence-electron chi connectivity index (χ2n) is 5.10. The zero-order valence-corrected chi connectivity index (χ0v) is 14.3. The van der Waals surface area contributed by atoms with Crippen molar-refractivity contribution in [1.29, 1.82) is 0 Å². The van der Waals surface area contributed by atoms with Gasteiger partial charge in [-0.3, -0.25) is 4.79 Å². The van der Waals surface area contributed by atoms with Gasteiger partial charge in [-0.15, -0.1) is 11.8 Å². The Bertz CT molecular complexity index is 860. The molecule has 2 aromatic carbocycles. The Morgan fingerprint density at radius 1 is 1.17 bits per heavy atom. The maximum absolute atomic E-state index is 12.3. The number of aromatic nitrogens is 1. The molecular formula is C18H18N2O3S.